The van der Waals surface area contributed by atoms with Crippen molar-refractivity contribution in [2.75, 3.05) is 13.2 Å². The van der Waals surface area contributed by atoms with Gasteiger partial charge in [-0.05, 0) is 96.3 Å². The predicted molar refractivity (Wildman–Crippen MR) is 310 cm³/mol. The molecule has 0 bridgehead atoms. The van der Waals surface area contributed by atoms with Crippen LogP contribution in [0, 0.1) is 0 Å². The topological polar surface area (TPSA) is 175 Å². The number of carbonyl (C=O) groups excluding carboxylic acids is 2. The second kappa shape index (κ2) is 50.6. The van der Waals surface area contributed by atoms with Crippen LogP contribution < -0.4 is 5.32 Å². The van der Waals surface area contributed by atoms with Crippen LogP contribution in [0.2, 0.25) is 0 Å². The van der Waals surface area contributed by atoms with Gasteiger partial charge in [-0.1, -0.05) is 225 Å². The van der Waals surface area contributed by atoms with Gasteiger partial charge in [-0.2, -0.15) is 0 Å². The van der Waals surface area contributed by atoms with E-state index < -0.39 is 67.4 Å². The summed E-state index contributed by atoms with van der Waals surface area (Å²) in [6, 6.07) is -1.07. The molecule has 424 valence electrons. The molecule has 0 aromatic rings. The molecule has 1 rings (SSSR count). The number of ether oxygens (including phenoxy) is 3. The van der Waals surface area contributed by atoms with Crippen LogP contribution in [-0.2, 0) is 23.8 Å². The molecule has 1 saturated heterocycles. The summed E-state index contributed by atoms with van der Waals surface area (Å²) < 4.78 is 17.5. The van der Waals surface area contributed by atoms with Gasteiger partial charge in [0.15, 0.2) is 12.4 Å². The molecule has 1 fully saturated rings. The molecule has 8 unspecified atom stereocenters. The average Bonchev–Trinajstić information content (AvgIpc) is 3.41. The molecule has 0 spiro atoms. The van der Waals surface area contributed by atoms with Gasteiger partial charge in [0.05, 0.1) is 25.4 Å². The van der Waals surface area contributed by atoms with E-state index in [-0.39, 0.29) is 19.4 Å². The normalized spacial score (nSPS) is 20.2. The standard InChI is InChI=1S/C64H103NO10/c1-4-7-10-13-16-19-22-25-26-27-28-29-30-31-34-36-39-42-45-48-51-57(68)63(72)65-55(56(67)50-47-44-41-38-35-32-23-20-17-14-11-8-5-2)54-73-64-62(61(71)60(70)58(53-66)74-64)75-59(69)52-49-46-43-40-37-33-24-21-18-15-12-9-6-3/h7,9-10,12,15-16,18-19,21,24-26,28-29,31,33-34,37,39,42,47,50,55-58,60-62,64,66-68,70-71H,4-6,8,11,13-14,17,20,22-23,27,30,32,35-36,38,40-41,43-46,48-49,51-54H2,1-3H3,(H,65,72)/b10-7-,12-9+,18-15+,19-16-,24-21-,26-25-,29-28-,34-31-,37-33-,42-39-,50-47+. The van der Waals surface area contributed by atoms with Crippen molar-refractivity contribution < 1.29 is 49.3 Å². The summed E-state index contributed by atoms with van der Waals surface area (Å²) in [7, 11) is 0. The first-order chi connectivity index (χ1) is 36.7. The van der Waals surface area contributed by atoms with Crippen LogP contribution in [0.3, 0.4) is 0 Å². The number of hydrogen-bond donors (Lipinski definition) is 6. The highest BCUT2D eigenvalue weighted by Crippen LogP contribution is 2.26. The minimum absolute atomic E-state index is 0.0639. The predicted octanol–water partition coefficient (Wildman–Crippen LogP) is 13.3. The van der Waals surface area contributed by atoms with Crippen molar-refractivity contribution in [3.63, 3.8) is 0 Å². The fourth-order valence-electron chi connectivity index (χ4n) is 8.08. The van der Waals surface area contributed by atoms with E-state index in [4.69, 9.17) is 14.2 Å². The number of allylic oxidation sites excluding steroid dienone is 21. The molecule has 8 atom stereocenters. The number of nitrogens with one attached hydrogen (secondary N) is 1. The number of aliphatic hydroxyl groups excluding tert-OH is 5. The van der Waals surface area contributed by atoms with Crippen LogP contribution in [0.5, 0.6) is 0 Å². The summed E-state index contributed by atoms with van der Waals surface area (Å²) in [5, 5.41) is 56.8. The second-order valence-electron chi connectivity index (χ2n) is 19.3. The number of unbranched alkanes of at least 4 members (excludes halogenated alkanes) is 15. The van der Waals surface area contributed by atoms with Crippen LogP contribution in [0.15, 0.2) is 134 Å². The Kier molecular flexibility index (Phi) is 46.4. The largest absolute Gasteiger partial charge is 0.454 e. The highest BCUT2D eigenvalue weighted by atomic mass is 16.7. The van der Waals surface area contributed by atoms with Gasteiger partial charge in [0.25, 0.3) is 0 Å². The van der Waals surface area contributed by atoms with E-state index >= 15 is 0 Å². The van der Waals surface area contributed by atoms with Crippen LogP contribution in [-0.4, -0.2) is 99.6 Å². The smallest absolute Gasteiger partial charge is 0.306 e. The van der Waals surface area contributed by atoms with Gasteiger partial charge in [-0.25, -0.2) is 0 Å². The first-order valence-corrected chi connectivity index (χ1v) is 29.0. The van der Waals surface area contributed by atoms with Crippen LogP contribution in [0.4, 0.5) is 0 Å². The van der Waals surface area contributed by atoms with Crippen molar-refractivity contribution in [3.05, 3.63) is 134 Å². The molecule has 0 aromatic carbocycles. The van der Waals surface area contributed by atoms with Gasteiger partial charge in [0.1, 0.15) is 24.4 Å². The first-order valence-electron chi connectivity index (χ1n) is 29.0. The third-order valence-corrected chi connectivity index (χ3v) is 12.6. The molecule has 11 nitrogen and oxygen atoms in total. The molecule has 0 radical (unpaired) electrons. The van der Waals surface area contributed by atoms with E-state index in [2.05, 4.69) is 105 Å². The fraction of sp³-hybridized carbons (Fsp3) is 0.625. The van der Waals surface area contributed by atoms with Crippen molar-refractivity contribution in [2.24, 2.45) is 0 Å². The molecule has 0 saturated carbocycles. The van der Waals surface area contributed by atoms with Crippen molar-refractivity contribution in [1.82, 2.24) is 5.32 Å². The minimum atomic E-state index is -1.65. The van der Waals surface area contributed by atoms with Crippen molar-refractivity contribution in [3.8, 4) is 0 Å². The number of hydrogen-bond acceptors (Lipinski definition) is 10. The molecule has 6 N–H and O–H groups in total. The Balaban J connectivity index is 2.80. The molecule has 11 heteroatoms. The number of esters is 1. The lowest BCUT2D eigenvalue weighted by Crippen LogP contribution is -2.61. The van der Waals surface area contributed by atoms with Gasteiger partial charge < -0.3 is 45.1 Å². The summed E-state index contributed by atoms with van der Waals surface area (Å²) in [5.74, 6) is -1.30. The molecule has 1 aliphatic rings. The lowest BCUT2D eigenvalue weighted by Gasteiger charge is -2.41. The Hall–Kier alpha value is -4.20. The maximum atomic E-state index is 13.4. The van der Waals surface area contributed by atoms with E-state index in [9.17, 15) is 35.1 Å². The second-order valence-corrected chi connectivity index (χ2v) is 19.3. The zero-order chi connectivity index (χ0) is 54.7. The fourth-order valence-corrected chi connectivity index (χ4v) is 8.08. The van der Waals surface area contributed by atoms with E-state index in [1.165, 1.54) is 51.4 Å². The highest BCUT2D eigenvalue weighted by Gasteiger charge is 2.47. The number of rotatable bonds is 46. The van der Waals surface area contributed by atoms with E-state index in [1.807, 2.05) is 48.6 Å². The van der Waals surface area contributed by atoms with Gasteiger partial charge in [-0.3, -0.25) is 9.59 Å². The van der Waals surface area contributed by atoms with E-state index in [0.29, 0.717) is 19.3 Å². The summed E-state index contributed by atoms with van der Waals surface area (Å²) in [5.41, 5.74) is 0. The van der Waals surface area contributed by atoms with Crippen molar-refractivity contribution in [1.29, 1.82) is 0 Å². The van der Waals surface area contributed by atoms with Crippen molar-refractivity contribution in [2.45, 2.75) is 243 Å². The van der Waals surface area contributed by atoms with E-state index in [1.54, 1.807) is 6.08 Å². The maximum absolute atomic E-state index is 13.4. The summed E-state index contributed by atoms with van der Waals surface area (Å²) in [6.45, 7) is 5.45. The lowest BCUT2D eigenvalue weighted by molar-refractivity contribution is -0.305. The van der Waals surface area contributed by atoms with E-state index in [0.717, 1.165) is 89.9 Å². The van der Waals surface area contributed by atoms with Gasteiger partial charge in [0.2, 0.25) is 5.91 Å². The Bertz CT molecular complexity index is 1720. The number of aliphatic hydroxyl groups is 5. The Labute approximate surface area is 454 Å². The molecule has 1 heterocycles. The van der Waals surface area contributed by atoms with Crippen LogP contribution >= 0.6 is 0 Å². The lowest BCUT2D eigenvalue weighted by atomic mass is 9.99. The first kappa shape index (κ1) is 68.8. The monoisotopic (exact) mass is 1050 g/mol. The molecule has 0 aliphatic carbocycles. The Morgan fingerprint density at radius 2 is 1.03 bits per heavy atom. The van der Waals surface area contributed by atoms with Crippen LogP contribution in [0.25, 0.3) is 0 Å². The van der Waals surface area contributed by atoms with Crippen LogP contribution in [0.1, 0.15) is 194 Å². The third kappa shape index (κ3) is 38.9. The zero-order valence-electron chi connectivity index (χ0n) is 46.6. The molecule has 1 amide bonds. The molecule has 0 aromatic heterocycles. The van der Waals surface area contributed by atoms with Crippen molar-refractivity contribution >= 4 is 11.9 Å². The third-order valence-electron chi connectivity index (χ3n) is 12.6. The number of carbonyl (C=O) groups is 2. The molecule has 75 heavy (non-hydrogen) atoms. The summed E-state index contributed by atoms with van der Waals surface area (Å²) >= 11 is 0. The maximum Gasteiger partial charge on any atom is 0.306 e. The number of amides is 1. The molecular weight excluding hydrogens is 943 g/mol. The van der Waals surface area contributed by atoms with Gasteiger partial charge >= 0.3 is 5.97 Å². The quantitative estimate of drug-likeness (QED) is 0.0149. The summed E-state index contributed by atoms with van der Waals surface area (Å²) in [6.07, 6.45) is 60.7. The SMILES string of the molecule is CC/C=C\C/C=C\C/C=C\C/C=C\C/C=C\C/C=C\CCCC(O)C(=O)NC(COC1OC(CO)C(O)C(O)C1OC(=O)CCCCC\C=C/C=C\C=C\C=C\CC)C(O)/C=C/CCCCCCCCCCCCC. The average molecular weight is 1050 g/mol. The minimum Gasteiger partial charge on any atom is -0.454 e. The van der Waals surface area contributed by atoms with Gasteiger partial charge in [0, 0.05) is 6.42 Å². The Morgan fingerprint density at radius 1 is 0.547 bits per heavy atom. The Morgan fingerprint density at radius 3 is 1.59 bits per heavy atom. The summed E-state index contributed by atoms with van der Waals surface area (Å²) in [4.78, 5) is 26.4. The van der Waals surface area contributed by atoms with Gasteiger partial charge in [-0.15, -0.1) is 0 Å². The molecule has 1 aliphatic heterocycles. The highest BCUT2D eigenvalue weighted by molar-refractivity contribution is 5.80. The zero-order valence-corrected chi connectivity index (χ0v) is 46.6. The molecular formula is C64H103NO10.